The van der Waals surface area contributed by atoms with E-state index in [4.69, 9.17) is 9.84 Å². The Morgan fingerprint density at radius 1 is 1.07 bits per heavy atom. The Morgan fingerprint density at radius 2 is 1.81 bits per heavy atom. The van der Waals surface area contributed by atoms with Gasteiger partial charge >= 0.3 is 5.97 Å². The van der Waals surface area contributed by atoms with Crippen LogP contribution in [0.5, 0.6) is 0 Å². The molecule has 0 aromatic rings. The Hall–Kier alpha value is -2.53. The molecule has 0 spiro atoms. The molecule has 5 nitrogen and oxygen atoms in total. The molecule has 1 aliphatic rings. The summed E-state index contributed by atoms with van der Waals surface area (Å²) >= 11 is 0. The summed E-state index contributed by atoms with van der Waals surface area (Å²) in [6.45, 7) is 2.05. The van der Waals surface area contributed by atoms with E-state index in [2.05, 4.69) is 12.1 Å². The molecular weight excluding hydrogens is 342 g/mol. The number of aliphatic carboxylic acids is 1. The van der Waals surface area contributed by atoms with E-state index in [1.165, 1.54) is 0 Å². The number of allylic oxidation sites excluding steroid dienone is 9. The quantitative estimate of drug-likeness (QED) is 0.195. The van der Waals surface area contributed by atoms with Crippen LogP contribution < -0.4 is 0 Å². The van der Waals surface area contributed by atoms with Crippen molar-refractivity contribution in [3.05, 3.63) is 77.8 Å². The molecule has 146 valence electrons. The van der Waals surface area contributed by atoms with Crippen molar-refractivity contribution in [1.82, 2.24) is 0 Å². The van der Waals surface area contributed by atoms with Gasteiger partial charge in [0.05, 0.1) is 6.10 Å². The minimum absolute atomic E-state index is 0.0508. The zero-order valence-electron chi connectivity index (χ0n) is 15.8. The Balaban J connectivity index is 2.13. The van der Waals surface area contributed by atoms with Crippen molar-refractivity contribution in [2.75, 3.05) is 0 Å². The summed E-state index contributed by atoms with van der Waals surface area (Å²) in [5, 5.41) is 11.7. The molecule has 5 heteroatoms. The molecule has 1 N–H and O–H groups in total. The van der Waals surface area contributed by atoms with E-state index in [1.54, 1.807) is 0 Å². The zero-order chi connectivity index (χ0) is 19.7. The number of carbonyl (C=O) groups is 1. The van der Waals surface area contributed by atoms with Gasteiger partial charge in [-0.05, 0) is 25.7 Å². The number of carboxylic acids is 1. The summed E-state index contributed by atoms with van der Waals surface area (Å²) in [5.41, 5.74) is 0. The largest absolute Gasteiger partial charge is 0.481 e. The molecule has 0 aliphatic carbocycles. The van der Waals surface area contributed by atoms with Gasteiger partial charge < -0.3 is 9.84 Å². The lowest BCUT2D eigenvalue weighted by atomic mass is 10.2. The van der Waals surface area contributed by atoms with E-state index in [1.807, 2.05) is 72.9 Å². The first-order valence-corrected chi connectivity index (χ1v) is 9.35. The number of nitroso groups, excluding NO2 is 1. The lowest BCUT2D eigenvalue weighted by Crippen LogP contribution is -1.98. The molecule has 1 saturated heterocycles. The summed E-state index contributed by atoms with van der Waals surface area (Å²) in [6.07, 6.45) is 26.5. The van der Waals surface area contributed by atoms with Crippen LogP contribution in [0.4, 0.5) is 0 Å². The minimum Gasteiger partial charge on any atom is -0.481 e. The lowest BCUT2D eigenvalue weighted by molar-refractivity contribution is -0.137. The highest BCUT2D eigenvalue weighted by Gasteiger charge is 2.35. The second-order valence-corrected chi connectivity index (χ2v) is 6.11. The maximum atomic E-state index is 10.7. The number of ether oxygens (including phenoxy) is 1. The smallest absolute Gasteiger partial charge is 0.303 e. The van der Waals surface area contributed by atoms with Crippen molar-refractivity contribution in [2.24, 2.45) is 5.18 Å². The predicted molar refractivity (Wildman–Crippen MR) is 109 cm³/mol. The van der Waals surface area contributed by atoms with Gasteiger partial charge in [-0.25, -0.2) is 0 Å². The average Bonchev–Trinajstić information content (AvgIpc) is 3.41. The molecule has 1 aliphatic heterocycles. The van der Waals surface area contributed by atoms with Crippen molar-refractivity contribution < 1.29 is 14.6 Å². The summed E-state index contributed by atoms with van der Waals surface area (Å²) in [6, 6.07) is -0.304. The summed E-state index contributed by atoms with van der Waals surface area (Å²) < 4.78 is 5.35. The standard InChI is InChI=1S/C22H29NO4/c1-2-3-11-14-19(23-26)15-12-9-7-5-4-6-8-10-13-16-20-21(27-20)17-18-22(24)25/h3-4,6-13,15-16,19-21H,2,5,14,17-18H2,1H3,(H,24,25)/b6-4-,9-7-,10-8+,11-3-,15-12+,16-13+/t19-,20-,21+/m1/s1. The van der Waals surface area contributed by atoms with Gasteiger partial charge in [0.15, 0.2) is 0 Å². The molecule has 1 heterocycles. The van der Waals surface area contributed by atoms with E-state index in [9.17, 15) is 9.70 Å². The molecule has 1 fully saturated rings. The summed E-state index contributed by atoms with van der Waals surface area (Å²) in [4.78, 5) is 21.2. The van der Waals surface area contributed by atoms with Gasteiger partial charge in [-0.15, -0.1) is 0 Å². The average molecular weight is 371 g/mol. The maximum Gasteiger partial charge on any atom is 0.303 e. The monoisotopic (exact) mass is 371 g/mol. The van der Waals surface area contributed by atoms with Gasteiger partial charge in [-0.2, -0.15) is 4.91 Å². The third-order valence-electron chi connectivity index (χ3n) is 3.80. The van der Waals surface area contributed by atoms with Crippen LogP contribution in [-0.2, 0) is 9.53 Å². The molecule has 3 atom stereocenters. The topological polar surface area (TPSA) is 79.3 Å². The van der Waals surface area contributed by atoms with E-state index in [-0.39, 0.29) is 24.7 Å². The zero-order valence-corrected chi connectivity index (χ0v) is 15.8. The van der Waals surface area contributed by atoms with Crippen LogP contribution >= 0.6 is 0 Å². The SMILES string of the molecule is CC/C=C\C[C@H](/C=C/C=C\C\C=C/C=C/C=C/[C@H]1O[C@H]1CCC(=O)O)N=O. The van der Waals surface area contributed by atoms with Gasteiger partial charge in [0, 0.05) is 6.42 Å². The molecule has 0 radical (unpaired) electrons. The third kappa shape index (κ3) is 12.5. The van der Waals surface area contributed by atoms with E-state index >= 15 is 0 Å². The number of carboxylic acid groups (broad SMARTS) is 1. The lowest BCUT2D eigenvalue weighted by Gasteiger charge is -1.96. The molecule has 0 unspecified atom stereocenters. The first kappa shape index (κ1) is 22.5. The molecule has 0 amide bonds. The number of hydrogen-bond donors (Lipinski definition) is 1. The van der Waals surface area contributed by atoms with Gasteiger partial charge in [0.2, 0.25) is 0 Å². The number of nitrogens with zero attached hydrogens (tertiary/aromatic N) is 1. The molecule has 0 saturated carbocycles. The highest BCUT2D eigenvalue weighted by atomic mass is 16.6. The fourth-order valence-corrected chi connectivity index (χ4v) is 2.27. The molecule has 1 rings (SSSR count). The Bertz CT molecular complexity index is 614. The second-order valence-electron chi connectivity index (χ2n) is 6.11. The van der Waals surface area contributed by atoms with Crippen molar-refractivity contribution in [3.63, 3.8) is 0 Å². The molecule has 27 heavy (non-hydrogen) atoms. The van der Waals surface area contributed by atoms with Crippen LogP contribution in [0.25, 0.3) is 0 Å². The highest BCUT2D eigenvalue weighted by Crippen LogP contribution is 2.27. The molecule has 0 aromatic heterocycles. The normalized spacial score (nSPS) is 21.5. The fraction of sp³-hybridized carbons (Fsp3) is 0.409. The minimum atomic E-state index is -0.785. The van der Waals surface area contributed by atoms with Gasteiger partial charge in [0.1, 0.15) is 12.1 Å². The Morgan fingerprint density at radius 3 is 2.52 bits per heavy atom. The van der Waals surface area contributed by atoms with E-state index in [0.717, 1.165) is 12.8 Å². The van der Waals surface area contributed by atoms with Crippen LogP contribution in [-0.4, -0.2) is 29.3 Å². The summed E-state index contributed by atoms with van der Waals surface area (Å²) in [5.74, 6) is -0.785. The predicted octanol–water partition coefficient (Wildman–Crippen LogP) is 5.28. The van der Waals surface area contributed by atoms with Crippen molar-refractivity contribution in [2.45, 2.75) is 57.3 Å². The van der Waals surface area contributed by atoms with Crippen molar-refractivity contribution in [1.29, 1.82) is 0 Å². The third-order valence-corrected chi connectivity index (χ3v) is 3.80. The molecular formula is C22H29NO4. The number of rotatable bonds is 14. The first-order valence-electron chi connectivity index (χ1n) is 9.35. The maximum absolute atomic E-state index is 10.7. The highest BCUT2D eigenvalue weighted by molar-refractivity contribution is 5.66. The molecule has 0 aromatic carbocycles. The van der Waals surface area contributed by atoms with Crippen LogP contribution in [0.3, 0.4) is 0 Å². The Kier molecular flexibility index (Phi) is 12.2. The van der Waals surface area contributed by atoms with Crippen molar-refractivity contribution >= 4 is 5.97 Å². The van der Waals surface area contributed by atoms with Crippen LogP contribution in [0.1, 0.15) is 39.0 Å². The van der Waals surface area contributed by atoms with E-state index in [0.29, 0.717) is 12.8 Å². The van der Waals surface area contributed by atoms with Gasteiger partial charge in [-0.3, -0.25) is 4.79 Å². The van der Waals surface area contributed by atoms with Crippen LogP contribution in [0.2, 0.25) is 0 Å². The first-order chi connectivity index (χ1) is 13.2. The van der Waals surface area contributed by atoms with Crippen LogP contribution in [0.15, 0.2) is 78.1 Å². The molecule has 0 bridgehead atoms. The second kappa shape index (κ2) is 14.6. The van der Waals surface area contributed by atoms with Gasteiger partial charge in [-0.1, -0.05) is 85.0 Å². The Labute approximate surface area is 161 Å². The van der Waals surface area contributed by atoms with Crippen molar-refractivity contribution in [3.8, 4) is 0 Å². The van der Waals surface area contributed by atoms with Crippen LogP contribution in [0, 0.1) is 4.91 Å². The number of epoxide rings is 1. The van der Waals surface area contributed by atoms with E-state index < -0.39 is 5.97 Å². The summed E-state index contributed by atoms with van der Waals surface area (Å²) in [7, 11) is 0. The number of hydrogen-bond acceptors (Lipinski definition) is 4. The van der Waals surface area contributed by atoms with Gasteiger partial charge in [0.25, 0.3) is 0 Å². The fourth-order valence-electron chi connectivity index (χ4n) is 2.27.